The summed E-state index contributed by atoms with van der Waals surface area (Å²) < 4.78 is 2.03. The van der Waals surface area contributed by atoms with Crippen LogP contribution in [0.15, 0.2) is 24.4 Å². The number of hydrogen-bond donors (Lipinski definition) is 2. The van der Waals surface area contributed by atoms with Gasteiger partial charge in [0.05, 0.1) is 5.69 Å². The van der Waals surface area contributed by atoms with Gasteiger partial charge in [0.2, 0.25) is 0 Å². The van der Waals surface area contributed by atoms with Crippen molar-refractivity contribution in [2.24, 2.45) is 5.92 Å². The van der Waals surface area contributed by atoms with E-state index in [0.29, 0.717) is 0 Å². The minimum absolute atomic E-state index is 0.162. The van der Waals surface area contributed by atoms with Crippen LogP contribution in [-0.4, -0.2) is 33.0 Å². The second kappa shape index (κ2) is 8.06. The van der Waals surface area contributed by atoms with Crippen molar-refractivity contribution in [3.05, 3.63) is 47.0 Å². The number of nitrogens with one attached hydrogen (secondary N) is 1. The Morgan fingerprint density at radius 3 is 2.73 bits per heavy atom. The Labute approximate surface area is 132 Å². The van der Waals surface area contributed by atoms with Gasteiger partial charge in [-0.15, -0.1) is 0 Å². The van der Waals surface area contributed by atoms with Crippen molar-refractivity contribution in [2.75, 3.05) is 13.2 Å². The number of hydrogen-bond acceptors (Lipinski definition) is 4. The highest BCUT2D eigenvalue weighted by atomic mass is 16.3. The van der Waals surface area contributed by atoms with Gasteiger partial charge in [-0.25, -0.2) is 0 Å². The molecule has 0 aliphatic carbocycles. The smallest absolute Gasteiger partial charge is 0.0641 e. The van der Waals surface area contributed by atoms with E-state index in [-0.39, 0.29) is 12.5 Å². The third-order valence-electron chi connectivity index (χ3n) is 4.05. The van der Waals surface area contributed by atoms with E-state index in [4.69, 9.17) is 0 Å². The van der Waals surface area contributed by atoms with Crippen molar-refractivity contribution in [1.29, 1.82) is 0 Å². The third kappa shape index (κ3) is 4.15. The van der Waals surface area contributed by atoms with Crippen LogP contribution in [0.2, 0.25) is 0 Å². The molecule has 0 radical (unpaired) electrons. The van der Waals surface area contributed by atoms with E-state index in [9.17, 15) is 5.11 Å². The predicted molar refractivity (Wildman–Crippen MR) is 87.6 cm³/mol. The van der Waals surface area contributed by atoms with E-state index >= 15 is 0 Å². The van der Waals surface area contributed by atoms with Gasteiger partial charge in [0, 0.05) is 49.4 Å². The normalized spacial score (nSPS) is 12.5. The van der Waals surface area contributed by atoms with Crippen LogP contribution in [0.1, 0.15) is 29.6 Å². The third-order valence-corrected chi connectivity index (χ3v) is 4.05. The molecule has 0 aliphatic rings. The van der Waals surface area contributed by atoms with Crippen molar-refractivity contribution >= 4 is 0 Å². The van der Waals surface area contributed by atoms with Crippen molar-refractivity contribution in [3.8, 4) is 0 Å². The van der Waals surface area contributed by atoms with Crippen LogP contribution < -0.4 is 5.32 Å². The van der Waals surface area contributed by atoms with Gasteiger partial charge >= 0.3 is 0 Å². The highest BCUT2D eigenvalue weighted by molar-refractivity contribution is 5.24. The van der Waals surface area contributed by atoms with Crippen molar-refractivity contribution < 1.29 is 5.11 Å². The lowest BCUT2D eigenvalue weighted by Crippen LogP contribution is -2.27. The Balaban J connectivity index is 1.88. The Bertz CT molecular complexity index is 580. The Kier molecular flexibility index (Phi) is 6.10. The molecule has 1 unspecified atom stereocenters. The predicted octanol–water partition coefficient (Wildman–Crippen LogP) is 1.86. The Morgan fingerprint density at radius 2 is 2.14 bits per heavy atom. The van der Waals surface area contributed by atoms with Crippen molar-refractivity contribution in [2.45, 2.75) is 40.3 Å². The maximum atomic E-state index is 9.55. The van der Waals surface area contributed by atoms with Crippen LogP contribution in [0.4, 0.5) is 0 Å². The molecule has 0 aromatic carbocycles. The van der Waals surface area contributed by atoms with E-state index in [1.165, 1.54) is 11.3 Å². The van der Waals surface area contributed by atoms with Gasteiger partial charge < -0.3 is 10.4 Å². The number of pyridine rings is 1. The molecule has 0 aliphatic heterocycles. The fourth-order valence-electron chi connectivity index (χ4n) is 2.71. The molecule has 0 bridgehead atoms. The summed E-state index contributed by atoms with van der Waals surface area (Å²) in [5.74, 6) is 0.178. The van der Waals surface area contributed by atoms with E-state index < -0.39 is 0 Å². The summed E-state index contributed by atoms with van der Waals surface area (Å²) in [5.41, 5.74) is 4.58. The van der Waals surface area contributed by atoms with E-state index in [0.717, 1.165) is 37.4 Å². The molecule has 2 aromatic heterocycles. The Hall–Kier alpha value is -1.72. The topological polar surface area (TPSA) is 63.0 Å². The minimum Gasteiger partial charge on any atom is -0.396 e. The van der Waals surface area contributed by atoms with Crippen molar-refractivity contribution in [3.63, 3.8) is 0 Å². The number of nitrogens with zero attached hydrogens (tertiary/aromatic N) is 3. The van der Waals surface area contributed by atoms with Gasteiger partial charge in [0.15, 0.2) is 0 Å². The second-order valence-electron chi connectivity index (χ2n) is 5.67. The van der Waals surface area contributed by atoms with Gasteiger partial charge in [-0.3, -0.25) is 9.67 Å². The summed E-state index contributed by atoms with van der Waals surface area (Å²) in [6.45, 7) is 8.87. The standard InChI is InChI=1S/C17H26N4O/c1-4-21-14(3)17(13(2)20-21)11-18-10-15(12-22)9-16-7-5-6-8-19-16/h5-8,15,18,22H,4,9-12H2,1-3H3. The molecule has 0 spiro atoms. The Morgan fingerprint density at radius 1 is 1.32 bits per heavy atom. The molecule has 2 N–H and O–H groups in total. The quantitative estimate of drug-likeness (QED) is 0.781. The SMILES string of the molecule is CCn1nc(C)c(CNCC(CO)Cc2ccccn2)c1C. The average Bonchev–Trinajstić information content (AvgIpc) is 2.82. The molecular formula is C17H26N4O. The first-order chi connectivity index (χ1) is 10.7. The average molecular weight is 302 g/mol. The van der Waals surface area contributed by atoms with Crippen LogP contribution in [0.25, 0.3) is 0 Å². The molecule has 0 fully saturated rings. The zero-order chi connectivity index (χ0) is 15.9. The van der Waals surface area contributed by atoms with Crippen LogP contribution >= 0.6 is 0 Å². The van der Waals surface area contributed by atoms with E-state index in [2.05, 4.69) is 29.2 Å². The van der Waals surface area contributed by atoms with Gasteiger partial charge in [-0.1, -0.05) is 6.07 Å². The number of aryl methyl sites for hydroxylation is 2. The zero-order valence-electron chi connectivity index (χ0n) is 13.7. The van der Waals surface area contributed by atoms with E-state index in [1.807, 2.05) is 29.8 Å². The molecule has 120 valence electrons. The van der Waals surface area contributed by atoms with Crippen molar-refractivity contribution in [1.82, 2.24) is 20.1 Å². The highest BCUT2D eigenvalue weighted by Gasteiger charge is 2.12. The molecule has 2 heterocycles. The molecule has 5 nitrogen and oxygen atoms in total. The molecule has 1 atom stereocenters. The van der Waals surface area contributed by atoms with Crippen LogP contribution in [0, 0.1) is 19.8 Å². The molecule has 5 heteroatoms. The highest BCUT2D eigenvalue weighted by Crippen LogP contribution is 2.13. The van der Waals surface area contributed by atoms with Gasteiger partial charge in [0.1, 0.15) is 0 Å². The number of aromatic nitrogens is 3. The second-order valence-corrected chi connectivity index (χ2v) is 5.67. The molecule has 0 amide bonds. The number of rotatable bonds is 8. The lowest BCUT2D eigenvalue weighted by atomic mass is 10.0. The van der Waals surface area contributed by atoms with Gasteiger partial charge in [-0.2, -0.15) is 5.10 Å². The van der Waals surface area contributed by atoms with Crippen LogP contribution in [-0.2, 0) is 19.5 Å². The van der Waals surface area contributed by atoms with Crippen LogP contribution in [0.3, 0.4) is 0 Å². The number of aliphatic hydroxyl groups is 1. The summed E-state index contributed by atoms with van der Waals surface area (Å²) in [5, 5.41) is 17.5. The maximum Gasteiger partial charge on any atom is 0.0641 e. The first-order valence-corrected chi connectivity index (χ1v) is 7.90. The summed E-state index contributed by atoms with van der Waals surface area (Å²) in [6, 6.07) is 5.89. The molecular weight excluding hydrogens is 276 g/mol. The monoisotopic (exact) mass is 302 g/mol. The number of aliphatic hydroxyl groups excluding tert-OH is 1. The largest absolute Gasteiger partial charge is 0.396 e. The summed E-state index contributed by atoms with van der Waals surface area (Å²) >= 11 is 0. The van der Waals surface area contributed by atoms with Gasteiger partial charge in [0.25, 0.3) is 0 Å². The molecule has 0 saturated heterocycles. The molecule has 2 aromatic rings. The molecule has 0 saturated carbocycles. The molecule has 22 heavy (non-hydrogen) atoms. The summed E-state index contributed by atoms with van der Waals surface area (Å²) in [7, 11) is 0. The van der Waals surface area contributed by atoms with Crippen LogP contribution in [0.5, 0.6) is 0 Å². The lowest BCUT2D eigenvalue weighted by Gasteiger charge is -2.15. The molecule has 2 rings (SSSR count). The summed E-state index contributed by atoms with van der Waals surface area (Å²) in [6.07, 6.45) is 2.58. The first-order valence-electron chi connectivity index (χ1n) is 7.90. The van der Waals surface area contributed by atoms with E-state index in [1.54, 1.807) is 6.20 Å². The maximum absolute atomic E-state index is 9.55. The first kappa shape index (κ1) is 16.6. The zero-order valence-corrected chi connectivity index (χ0v) is 13.7. The minimum atomic E-state index is 0.162. The summed E-state index contributed by atoms with van der Waals surface area (Å²) in [4.78, 5) is 4.32. The fraction of sp³-hybridized carbons (Fsp3) is 0.529. The van der Waals surface area contributed by atoms with Gasteiger partial charge in [-0.05, 0) is 45.2 Å². The fourth-order valence-corrected chi connectivity index (χ4v) is 2.71. The lowest BCUT2D eigenvalue weighted by molar-refractivity contribution is 0.220.